The van der Waals surface area contributed by atoms with Crippen LogP contribution in [-0.2, 0) is 29.6 Å². The SMILES string of the molecule is CCOC(=O)c1ccc(NS(=O)(=O)c2ccc(N3C(=O)C(C)(C)CS3(=O)=O)cc2)cc1. The van der Waals surface area contributed by atoms with Crippen LogP contribution in [0.4, 0.5) is 11.4 Å². The van der Waals surface area contributed by atoms with Gasteiger partial charge in [0, 0.05) is 5.69 Å². The number of rotatable bonds is 6. The van der Waals surface area contributed by atoms with Crippen molar-refractivity contribution in [1.29, 1.82) is 0 Å². The Hall–Kier alpha value is -2.92. The number of nitrogens with zero attached hydrogens (tertiary/aromatic N) is 1. The molecule has 0 atom stereocenters. The number of anilines is 2. The summed E-state index contributed by atoms with van der Waals surface area (Å²) in [5.41, 5.74) is -0.459. The zero-order chi connectivity index (χ0) is 23.0. The van der Waals surface area contributed by atoms with Crippen molar-refractivity contribution in [3.8, 4) is 0 Å². The van der Waals surface area contributed by atoms with Crippen LogP contribution in [-0.4, -0.2) is 41.1 Å². The van der Waals surface area contributed by atoms with Crippen molar-refractivity contribution in [3.63, 3.8) is 0 Å². The van der Waals surface area contributed by atoms with E-state index in [2.05, 4.69) is 4.72 Å². The number of amides is 1. The van der Waals surface area contributed by atoms with Crippen LogP contribution in [0.1, 0.15) is 31.1 Å². The second kappa shape index (κ2) is 7.97. The minimum atomic E-state index is -3.98. The number of benzene rings is 2. The summed E-state index contributed by atoms with van der Waals surface area (Å²) in [6, 6.07) is 10.7. The van der Waals surface area contributed by atoms with E-state index in [4.69, 9.17) is 4.74 Å². The molecule has 2 aromatic rings. The van der Waals surface area contributed by atoms with E-state index in [-0.39, 0.29) is 34.2 Å². The Labute approximate surface area is 181 Å². The lowest BCUT2D eigenvalue weighted by Gasteiger charge is -2.17. The summed E-state index contributed by atoms with van der Waals surface area (Å²) in [5.74, 6) is -1.40. The van der Waals surface area contributed by atoms with E-state index in [1.165, 1.54) is 48.5 Å². The van der Waals surface area contributed by atoms with Crippen LogP contribution in [0.5, 0.6) is 0 Å². The van der Waals surface area contributed by atoms with Crippen LogP contribution in [0.3, 0.4) is 0 Å². The molecule has 1 heterocycles. The Bertz CT molecular complexity index is 1220. The fraction of sp³-hybridized carbons (Fsp3) is 0.300. The van der Waals surface area contributed by atoms with Gasteiger partial charge in [-0.3, -0.25) is 9.52 Å². The van der Waals surface area contributed by atoms with Crippen molar-refractivity contribution in [2.24, 2.45) is 5.41 Å². The molecule has 0 unspecified atom stereocenters. The Morgan fingerprint density at radius 1 is 1.10 bits per heavy atom. The first-order chi connectivity index (χ1) is 14.4. The third kappa shape index (κ3) is 4.57. The number of carbonyl (C=O) groups is 2. The predicted octanol–water partition coefficient (Wildman–Crippen LogP) is 2.37. The molecule has 31 heavy (non-hydrogen) atoms. The zero-order valence-corrected chi connectivity index (χ0v) is 18.8. The van der Waals surface area contributed by atoms with Crippen LogP contribution in [0.25, 0.3) is 0 Å². The average molecular weight is 467 g/mol. The van der Waals surface area contributed by atoms with E-state index in [0.717, 1.165) is 0 Å². The topological polar surface area (TPSA) is 127 Å². The molecular formula is C20H22N2O7S2. The molecule has 0 spiro atoms. The van der Waals surface area contributed by atoms with Gasteiger partial charge in [0.2, 0.25) is 15.9 Å². The number of sulfonamides is 2. The molecule has 2 aromatic carbocycles. The van der Waals surface area contributed by atoms with Crippen molar-refractivity contribution >= 4 is 43.3 Å². The van der Waals surface area contributed by atoms with Crippen LogP contribution in [0.15, 0.2) is 53.4 Å². The summed E-state index contributed by atoms with van der Waals surface area (Å²) in [5, 5.41) is 0. The lowest BCUT2D eigenvalue weighted by Crippen LogP contribution is -2.32. The number of nitrogens with one attached hydrogen (secondary N) is 1. The van der Waals surface area contributed by atoms with Gasteiger partial charge in [-0.1, -0.05) is 0 Å². The molecule has 0 bridgehead atoms. The molecular weight excluding hydrogens is 444 g/mol. The Morgan fingerprint density at radius 2 is 1.68 bits per heavy atom. The molecule has 166 valence electrons. The van der Waals surface area contributed by atoms with Gasteiger partial charge in [0.15, 0.2) is 0 Å². The number of ether oxygens (including phenoxy) is 1. The maximum absolute atomic E-state index is 12.6. The molecule has 0 saturated carbocycles. The first-order valence-electron chi connectivity index (χ1n) is 9.35. The zero-order valence-electron chi connectivity index (χ0n) is 17.2. The number of carbonyl (C=O) groups excluding carboxylic acids is 2. The van der Waals surface area contributed by atoms with E-state index < -0.39 is 37.3 Å². The normalized spacial score (nSPS) is 17.4. The molecule has 3 rings (SSSR count). The second-order valence-electron chi connectivity index (χ2n) is 7.61. The molecule has 1 aliphatic heterocycles. The van der Waals surface area contributed by atoms with Gasteiger partial charge in [0.05, 0.1) is 33.9 Å². The summed E-state index contributed by atoms with van der Waals surface area (Å²) in [6.07, 6.45) is 0. The first kappa shape index (κ1) is 22.8. The maximum atomic E-state index is 12.6. The highest BCUT2D eigenvalue weighted by Gasteiger charge is 2.49. The lowest BCUT2D eigenvalue weighted by atomic mass is 9.95. The van der Waals surface area contributed by atoms with Gasteiger partial charge in [0.1, 0.15) is 0 Å². The van der Waals surface area contributed by atoms with E-state index >= 15 is 0 Å². The molecule has 11 heteroatoms. The highest BCUT2D eigenvalue weighted by molar-refractivity contribution is 7.94. The van der Waals surface area contributed by atoms with Crippen molar-refractivity contribution in [3.05, 3.63) is 54.1 Å². The molecule has 0 aliphatic carbocycles. The lowest BCUT2D eigenvalue weighted by molar-refractivity contribution is -0.123. The van der Waals surface area contributed by atoms with Crippen molar-refractivity contribution in [1.82, 2.24) is 0 Å². The first-order valence-corrected chi connectivity index (χ1v) is 12.4. The summed E-state index contributed by atoms with van der Waals surface area (Å²) in [7, 11) is -7.81. The Morgan fingerprint density at radius 3 is 2.16 bits per heavy atom. The van der Waals surface area contributed by atoms with Crippen molar-refractivity contribution < 1.29 is 31.2 Å². The minimum Gasteiger partial charge on any atom is -0.462 e. The van der Waals surface area contributed by atoms with E-state index in [9.17, 15) is 26.4 Å². The summed E-state index contributed by atoms with van der Waals surface area (Å²) < 4.78 is 58.0. The van der Waals surface area contributed by atoms with Crippen molar-refractivity contribution in [2.75, 3.05) is 21.4 Å². The van der Waals surface area contributed by atoms with Gasteiger partial charge < -0.3 is 4.74 Å². The standard InChI is InChI=1S/C20H22N2O7S2/c1-4-29-18(23)14-5-7-15(8-6-14)21-31(27,28)17-11-9-16(10-12-17)22-19(24)20(2,3)13-30(22,25)26/h5-12,21H,4,13H2,1-3H3. The van der Waals surface area contributed by atoms with Gasteiger partial charge in [-0.05, 0) is 69.3 Å². The van der Waals surface area contributed by atoms with E-state index in [1.54, 1.807) is 20.8 Å². The van der Waals surface area contributed by atoms with Crippen LogP contribution < -0.4 is 9.03 Å². The molecule has 9 nitrogen and oxygen atoms in total. The van der Waals surface area contributed by atoms with Gasteiger partial charge in [-0.25, -0.2) is 25.9 Å². The van der Waals surface area contributed by atoms with Gasteiger partial charge >= 0.3 is 5.97 Å². The number of esters is 1. The largest absolute Gasteiger partial charge is 0.462 e. The fourth-order valence-electron chi connectivity index (χ4n) is 3.12. The fourth-order valence-corrected chi connectivity index (χ4v) is 6.29. The van der Waals surface area contributed by atoms with Crippen LogP contribution in [0.2, 0.25) is 0 Å². The van der Waals surface area contributed by atoms with Gasteiger partial charge in [-0.2, -0.15) is 0 Å². The van der Waals surface area contributed by atoms with Crippen LogP contribution >= 0.6 is 0 Å². The highest BCUT2D eigenvalue weighted by atomic mass is 32.2. The maximum Gasteiger partial charge on any atom is 0.338 e. The predicted molar refractivity (Wildman–Crippen MR) is 115 cm³/mol. The molecule has 0 radical (unpaired) electrons. The number of hydrogen-bond donors (Lipinski definition) is 1. The molecule has 1 saturated heterocycles. The Kier molecular flexibility index (Phi) is 5.85. The monoisotopic (exact) mass is 466 g/mol. The summed E-state index contributed by atoms with van der Waals surface area (Å²) >= 11 is 0. The van der Waals surface area contributed by atoms with Gasteiger partial charge in [-0.15, -0.1) is 0 Å². The van der Waals surface area contributed by atoms with E-state index in [1.807, 2.05) is 0 Å². The summed E-state index contributed by atoms with van der Waals surface area (Å²) in [4.78, 5) is 24.0. The Balaban J connectivity index is 1.80. The minimum absolute atomic E-state index is 0.0771. The molecule has 1 amide bonds. The smallest absolute Gasteiger partial charge is 0.338 e. The number of hydrogen-bond acceptors (Lipinski definition) is 7. The molecule has 1 aliphatic rings. The summed E-state index contributed by atoms with van der Waals surface area (Å²) in [6.45, 7) is 5.00. The third-order valence-corrected chi connectivity index (χ3v) is 8.03. The van der Waals surface area contributed by atoms with E-state index in [0.29, 0.717) is 4.31 Å². The molecule has 0 aromatic heterocycles. The highest BCUT2D eigenvalue weighted by Crippen LogP contribution is 2.36. The molecule has 1 N–H and O–H groups in total. The second-order valence-corrected chi connectivity index (χ2v) is 11.1. The molecule has 1 fully saturated rings. The third-order valence-electron chi connectivity index (χ3n) is 4.61. The quantitative estimate of drug-likeness (QED) is 0.648. The average Bonchev–Trinajstić information content (AvgIpc) is 2.84. The van der Waals surface area contributed by atoms with Crippen molar-refractivity contribution in [2.45, 2.75) is 25.7 Å². The van der Waals surface area contributed by atoms with Crippen LogP contribution in [0, 0.1) is 5.41 Å². The van der Waals surface area contributed by atoms with Gasteiger partial charge in [0.25, 0.3) is 10.0 Å².